The molecule has 0 atom stereocenters. The highest BCUT2D eigenvalue weighted by Gasteiger charge is 1.99. The molecule has 0 fully saturated rings. The molecule has 2 aromatic carbocycles. The first kappa shape index (κ1) is 14.3. The normalized spacial score (nSPS) is 9.39. The third-order valence-corrected chi connectivity index (χ3v) is 2.74. The van der Waals surface area contributed by atoms with Crippen molar-refractivity contribution in [1.82, 2.24) is 0 Å². The predicted molar refractivity (Wildman–Crippen MR) is 82.3 cm³/mol. The molecule has 0 unspecified atom stereocenters. The molecule has 0 saturated heterocycles. The first-order valence-electron chi connectivity index (χ1n) is 6.51. The monoisotopic (exact) mass is 241 g/mol. The fraction of sp³-hybridized carbons (Fsp3) is 0.294. The number of rotatable bonds is 2. The second-order valence-electron chi connectivity index (χ2n) is 4.31. The Morgan fingerprint density at radius 1 is 0.778 bits per heavy atom. The van der Waals surface area contributed by atoms with Gasteiger partial charge in [-0.1, -0.05) is 55.8 Å². The second-order valence-corrected chi connectivity index (χ2v) is 4.31. The van der Waals surface area contributed by atoms with E-state index in [1.165, 1.54) is 22.4 Å². The van der Waals surface area contributed by atoms with Crippen molar-refractivity contribution in [2.24, 2.45) is 0 Å². The molecule has 96 valence electrons. The highest BCUT2D eigenvalue weighted by molar-refractivity contribution is 5.66. The van der Waals surface area contributed by atoms with Gasteiger partial charge < -0.3 is 4.90 Å². The molecule has 2 rings (SSSR count). The van der Waals surface area contributed by atoms with E-state index in [9.17, 15) is 0 Å². The third-order valence-electron chi connectivity index (χ3n) is 2.74. The molecule has 2 aromatic rings. The van der Waals surface area contributed by atoms with Crippen molar-refractivity contribution in [3.05, 3.63) is 54.1 Å². The topological polar surface area (TPSA) is 3.24 Å². The zero-order valence-corrected chi connectivity index (χ0v) is 12.1. The highest BCUT2D eigenvalue weighted by atomic mass is 15.1. The van der Waals surface area contributed by atoms with Gasteiger partial charge in [0.05, 0.1) is 0 Å². The number of aryl methyl sites for hydroxylation is 1. The van der Waals surface area contributed by atoms with E-state index in [4.69, 9.17) is 0 Å². The number of anilines is 1. The van der Waals surface area contributed by atoms with Crippen LogP contribution in [0.4, 0.5) is 5.69 Å². The maximum Gasteiger partial charge on any atom is 0.0361 e. The number of hydrogen-bond acceptors (Lipinski definition) is 1. The van der Waals surface area contributed by atoms with Crippen molar-refractivity contribution in [2.45, 2.75) is 20.8 Å². The summed E-state index contributed by atoms with van der Waals surface area (Å²) in [6, 6.07) is 17.2. The van der Waals surface area contributed by atoms with Crippen LogP contribution in [0, 0.1) is 6.92 Å². The molecule has 0 radical (unpaired) electrons. The van der Waals surface area contributed by atoms with E-state index in [2.05, 4.69) is 74.4 Å². The van der Waals surface area contributed by atoms with Gasteiger partial charge in [0.1, 0.15) is 0 Å². The summed E-state index contributed by atoms with van der Waals surface area (Å²) in [6.45, 7) is 6.12. The summed E-state index contributed by atoms with van der Waals surface area (Å²) in [5, 5.41) is 0. The van der Waals surface area contributed by atoms with Crippen LogP contribution in [0.2, 0.25) is 0 Å². The summed E-state index contributed by atoms with van der Waals surface area (Å²) in [6.07, 6.45) is 0. The van der Waals surface area contributed by atoms with Gasteiger partial charge in [-0.2, -0.15) is 0 Å². The van der Waals surface area contributed by atoms with Crippen LogP contribution < -0.4 is 4.90 Å². The van der Waals surface area contributed by atoms with Crippen molar-refractivity contribution < 1.29 is 0 Å². The molecule has 0 N–H and O–H groups in total. The van der Waals surface area contributed by atoms with E-state index in [1.54, 1.807) is 0 Å². The van der Waals surface area contributed by atoms with E-state index in [0.29, 0.717) is 0 Å². The summed E-state index contributed by atoms with van der Waals surface area (Å²) in [5.74, 6) is 0. The summed E-state index contributed by atoms with van der Waals surface area (Å²) in [5.41, 5.74) is 5.09. The minimum absolute atomic E-state index is 1.23. The van der Waals surface area contributed by atoms with Gasteiger partial charge in [-0.25, -0.2) is 0 Å². The van der Waals surface area contributed by atoms with Gasteiger partial charge in [0.25, 0.3) is 0 Å². The average Bonchev–Trinajstić information content (AvgIpc) is 2.41. The van der Waals surface area contributed by atoms with Gasteiger partial charge in [0.2, 0.25) is 0 Å². The number of nitrogens with zero attached hydrogens (tertiary/aromatic N) is 1. The molecule has 0 aliphatic heterocycles. The van der Waals surface area contributed by atoms with Crippen LogP contribution in [-0.4, -0.2) is 14.1 Å². The maximum atomic E-state index is 2.21. The zero-order valence-electron chi connectivity index (χ0n) is 12.1. The first-order valence-corrected chi connectivity index (χ1v) is 6.51. The van der Waals surface area contributed by atoms with Gasteiger partial charge in [0.15, 0.2) is 0 Å². The molecule has 0 aliphatic carbocycles. The molecule has 1 heteroatoms. The zero-order chi connectivity index (χ0) is 13.5. The molecule has 0 aliphatic rings. The van der Waals surface area contributed by atoms with Crippen LogP contribution >= 0.6 is 0 Å². The Hall–Kier alpha value is -1.76. The Kier molecular flexibility index (Phi) is 5.44. The minimum Gasteiger partial charge on any atom is -0.378 e. The molecule has 0 amide bonds. The molecule has 1 nitrogen and oxygen atoms in total. The van der Waals surface area contributed by atoms with E-state index in [0.717, 1.165) is 0 Å². The lowest BCUT2D eigenvalue weighted by Gasteiger charge is -2.12. The van der Waals surface area contributed by atoms with Crippen molar-refractivity contribution in [2.75, 3.05) is 19.0 Å². The Bertz CT molecular complexity index is 469. The highest BCUT2D eigenvalue weighted by Crippen LogP contribution is 2.22. The van der Waals surface area contributed by atoms with Crippen LogP contribution in [-0.2, 0) is 0 Å². The molecule has 0 spiro atoms. The van der Waals surface area contributed by atoms with Crippen LogP contribution in [0.3, 0.4) is 0 Å². The Balaban J connectivity index is 0.000000771. The van der Waals surface area contributed by atoms with E-state index >= 15 is 0 Å². The van der Waals surface area contributed by atoms with E-state index in [1.807, 2.05) is 13.8 Å². The van der Waals surface area contributed by atoms with E-state index in [-0.39, 0.29) is 0 Å². The van der Waals surface area contributed by atoms with Crippen molar-refractivity contribution in [3.63, 3.8) is 0 Å². The Morgan fingerprint density at radius 3 is 1.89 bits per heavy atom. The fourth-order valence-corrected chi connectivity index (χ4v) is 1.78. The maximum absolute atomic E-state index is 2.21. The molecule has 0 saturated carbocycles. The SMILES string of the molecule is CC.Cc1cccc(-c2ccc(N(C)C)cc2)c1. The lowest BCUT2D eigenvalue weighted by Crippen LogP contribution is -2.07. The van der Waals surface area contributed by atoms with Crippen LogP contribution in [0.1, 0.15) is 19.4 Å². The van der Waals surface area contributed by atoms with Crippen molar-refractivity contribution in [3.8, 4) is 11.1 Å². The predicted octanol–water partition coefficient (Wildman–Crippen LogP) is 4.75. The van der Waals surface area contributed by atoms with Gasteiger partial charge in [0, 0.05) is 19.8 Å². The molecule has 0 aromatic heterocycles. The van der Waals surface area contributed by atoms with Gasteiger partial charge >= 0.3 is 0 Å². The Labute approximate surface area is 111 Å². The second kappa shape index (κ2) is 6.85. The molecular formula is C17H23N. The van der Waals surface area contributed by atoms with Crippen LogP contribution in [0.5, 0.6) is 0 Å². The van der Waals surface area contributed by atoms with Crippen molar-refractivity contribution in [1.29, 1.82) is 0 Å². The van der Waals surface area contributed by atoms with Crippen LogP contribution in [0.25, 0.3) is 11.1 Å². The quantitative estimate of drug-likeness (QED) is 0.733. The smallest absolute Gasteiger partial charge is 0.0361 e. The molecular weight excluding hydrogens is 218 g/mol. The van der Waals surface area contributed by atoms with Crippen LogP contribution in [0.15, 0.2) is 48.5 Å². The van der Waals surface area contributed by atoms with Gasteiger partial charge in [-0.3, -0.25) is 0 Å². The average molecular weight is 241 g/mol. The van der Waals surface area contributed by atoms with E-state index < -0.39 is 0 Å². The molecule has 18 heavy (non-hydrogen) atoms. The van der Waals surface area contributed by atoms with Gasteiger partial charge in [-0.15, -0.1) is 0 Å². The molecule has 0 heterocycles. The first-order chi connectivity index (χ1) is 8.66. The number of hydrogen-bond donors (Lipinski definition) is 0. The lowest BCUT2D eigenvalue weighted by atomic mass is 10.0. The minimum atomic E-state index is 1.23. The van der Waals surface area contributed by atoms with Gasteiger partial charge in [-0.05, 0) is 30.2 Å². The summed E-state index contributed by atoms with van der Waals surface area (Å²) < 4.78 is 0. The van der Waals surface area contributed by atoms with Crippen molar-refractivity contribution >= 4 is 5.69 Å². The molecule has 0 bridgehead atoms. The summed E-state index contributed by atoms with van der Waals surface area (Å²) in [4.78, 5) is 2.11. The Morgan fingerprint density at radius 2 is 1.39 bits per heavy atom. The standard InChI is InChI=1S/C15H17N.C2H6/c1-12-5-4-6-14(11-12)13-7-9-15(10-8-13)16(2)3;1-2/h4-11H,1-3H3;1-2H3. The number of benzene rings is 2. The third kappa shape index (κ3) is 3.63. The largest absolute Gasteiger partial charge is 0.378 e. The lowest BCUT2D eigenvalue weighted by molar-refractivity contribution is 1.13. The fourth-order valence-electron chi connectivity index (χ4n) is 1.78. The summed E-state index contributed by atoms with van der Waals surface area (Å²) >= 11 is 0. The summed E-state index contributed by atoms with van der Waals surface area (Å²) in [7, 11) is 4.11.